The maximum absolute atomic E-state index is 12.5. The Morgan fingerprint density at radius 1 is 1.00 bits per heavy atom. The van der Waals surface area contributed by atoms with E-state index in [0.717, 1.165) is 25.0 Å². The van der Waals surface area contributed by atoms with Gasteiger partial charge >= 0.3 is 5.97 Å². The molecule has 2 N–H and O–H groups in total. The number of ether oxygens (including phenoxy) is 1. The van der Waals surface area contributed by atoms with Crippen LogP contribution >= 0.6 is 11.3 Å². The van der Waals surface area contributed by atoms with E-state index in [-0.39, 0.29) is 12.5 Å². The van der Waals surface area contributed by atoms with Gasteiger partial charge in [0.05, 0.1) is 24.9 Å². The van der Waals surface area contributed by atoms with Gasteiger partial charge in [-0.3, -0.25) is 4.79 Å². The first-order chi connectivity index (χ1) is 14.7. The van der Waals surface area contributed by atoms with Crippen molar-refractivity contribution in [3.8, 4) is 0 Å². The number of methoxy groups -OCH3 is 1. The number of aryl methyl sites for hydroxylation is 2. The molecule has 0 radical (unpaired) electrons. The summed E-state index contributed by atoms with van der Waals surface area (Å²) in [7, 11) is 1.34. The summed E-state index contributed by atoms with van der Waals surface area (Å²) in [5.74, 6) is -0.615. The van der Waals surface area contributed by atoms with Crippen molar-refractivity contribution in [2.45, 2.75) is 64.2 Å². The number of benzene rings is 1. The number of para-hydroxylation sites is 1. The molecule has 1 aromatic heterocycles. The maximum atomic E-state index is 12.5. The van der Waals surface area contributed by atoms with Gasteiger partial charge in [0, 0.05) is 10.6 Å². The minimum absolute atomic E-state index is 0.0538. The Kier molecular flexibility index (Phi) is 8.68. The molecule has 0 atom stereocenters. The molecule has 30 heavy (non-hydrogen) atoms. The Morgan fingerprint density at radius 2 is 1.67 bits per heavy atom. The van der Waals surface area contributed by atoms with E-state index in [1.165, 1.54) is 56.9 Å². The van der Waals surface area contributed by atoms with Gasteiger partial charge in [-0.05, 0) is 37.8 Å². The van der Waals surface area contributed by atoms with E-state index in [2.05, 4.69) is 10.6 Å². The summed E-state index contributed by atoms with van der Waals surface area (Å²) < 4.78 is 4.79. The largest absolute Gasteiger partial charge is 0.465 e. The van der Waals surface area contributed by atoms with E-state index in [1.807, 2.05) is 6.07 Å². The van der Waals surface area contributed by atoms with Crippen LogP contribution in [0.4, 0.5) is 10.8 Å². The van der Waals surface area contributed by atoms with Crippen LogP contribution in [0.1, 0.15) is 72.3 Å². The zero-order chi connectivity index (χ0) is 21.2. The van der Waals surface area contributed by atoms with Crippen LogP contribution in [0.25, 0.3) is 0 Å². The lowest BCUT2D eigenvalue weighted by Gasteiger charge is -2.10. The molecule has 0 saturated heterocycles. The highest BCUT2D eigenvalue weighted by Crippen LogP contribution is 2.27. The molecule has 1 amide bonds. The van der Waals surface area contributed by atoms with Crippen molar-refractivity contribution in [1.29, 1.82) is 0 Å². The molecule has 2 aromatic rings. The van der Waals surface area contributed by atoms with Crippen molar-refractivity contribution in [3.63, 3.8) is 0 Å². The van der Waals surface area contributed by atoms with Gasteiger partial charge in [0.25, 0.3) is 0 Å². The predicted octanol–water partition coefficient (Wildman–Crippen LogP) is 5.20. The number of carbonyl (C=O) groups is 2. The van der Waals surface area contributed by atoms with E-state index in [9.17, 15) is 9.59 Å². The number of amides is 1. The van der Waals surface area contributed by atoms with Crippen molar-refractivity contribution in [2.24, 2.45) is 0 Å². The quantitative estimate of drug-likeness (QED) is 0.639. The summed E-state index contributed by atoms with van der Waals surface area (Å²) in [6.07, 6.45) is 12.2. The summed E-state index contributed by atoms with van der Waals surface area (Å²) in [6, 6.07) is 6.99. The van der Waals surface area contributed by atoms with Crippen LogP contribution in [0.3, 0.4) is 0 Å². The van der Waals surface area contributed by atoms with Gasteiger partial charge in [0.1, 0.15) is 0 Å². The first kappa shape index (κ1) is 22.3. The fraction of sp³-hybridized carbons (Fsp3) is 0.522. The fourth-order valence-electron chi connectivity index (χ4n) is 3.73. The number of anilines is 2. The molecule has 7 heteroatoms. The lowest BCUT2D eigenvalue weighted by atomic mass is 10.0. The molecule has 1 aliphatic rings. The van der Waals surface area contributed by atoms with Crippen molar-refractivity contribution >= 4 is 34.0 Å². The Morgan fingerprint density at radius 3 is 2.40 bits per heavy atom. The number of esters is 1. The van der Waals surface area contributed by atoms with Gasteiger partial charge < -0.3 is 15.4 Å². The third-order valence-corrected chi connectivity index (χ3v) is 6.44. The topological polar surface area (TPSA) is 80.3 Å². The van der Waals surface area contributed by atoms with E-state index in [1.54, 1.807) is 29.5 Å². The number of nitrogens with one attached hydrogen (secondary N) is 2. The number of aromatic nitrogens is 1. The second-order valence-corrected chi connectivity index (χ2v) is 8.74. The highest BCUT2D eigenvalue weighted by Gasteiger charge is 2.15. The van der Waals surface area contributed by atoms with Crippen molar-refractivity contribution in [3.05, 3.63) is 40.4 Å². The first-order valence-corrected chi connectivity index (χ1v) is 11.7. The molecule has 6 nitrogen and oxygen atoms in total. The SMILES string of the molecule is COC(=O)c1ccccc1NCC(=O)Nc1nc2c(s1)CCCCCCCCCC2. The van der Waals surface area contributed by atoms with Crippen LogP contribution in [0.15, 0.2) is 24.3 Å². The van der Waals surface area contributed by atoms with Gasteiger partial charge in [-0.1, -0.05) is 50.7 Å². The van der Waals surface area contributed by atoms with Crippen LogP contribution in [-0.4, -0.2) is 30.5 Å². The standard InChI is InChI=1S/C23H31N3O3S/c1-29-22(28)17-12-10-11-13-18(17)24-16-21(27)26-23-25-19-14-8-6-4-2-3-5-7-9-15-20(19)30-23/h10-13,24H,2-9,14-16H2,1H3,(H,25,26,27). The minimum atomic E-state index is -0.434. The molecule has 1 heterocycles. The minimum Gasteiger partial charge on any atom is -0.465 e. The third kappa shape index (κ3) is 6.55. The van der Waals surface area contributed by atoms with Crippen LogP contribution < -0.4 is 10.6 Å². The molecule has 3 rings (SSSR count). The molecule has 0 fully saturated rings. The molecular formula is C23H31N3O3S. The maximum Gasteiger partial charge on any atom is 0.339 e. The number of fused-ring (bicyclic) bond motifs is 1. The molecule has 0 bridgehead atoms. The normalized spacial score (nSPS) is 15.2. The molecule has 1 aliphatic carbocycles. The van der Waals surface area contributed by atoms with E-state index in [4.69, 9.17) is 9.72 Å². The highest BCUT2D eigenvalue weighted by molar-refractivity contribution is 7.15. The van der Waals surface area contributed by atoms with E-state index >= 15 is 0 Å². The number of nitrogens with zero attached hydrogens (tertiary/aromatic N) is 1. The molecule has 0 unspecified atom stereocenters. The third-order valence-electron chi connectivity index (χ3n) is 5.36. The van der Waals surface area contributed by atoms with E-state index < -0.39 is 5.97 Å². The zero-order valence-electron chi connectivity index (χ0n) is 17.7. The average Bonchev–Trinajstić information content (AvgIpc) is 3.12. The van der Waals surface area contributed by atoms with E-state index in [0.29, 0.717) is 16.4 Å². The first-order valence-electron chi connectivity index (χ1n) is 10.9. The van der Waals surface area contributed by atoms with Crippen LogP contribution in [-0.2, 0) is 22.4 Å². The van der Waals surface area contributed by atoms with Crippen molar-refractivity contribution in [2.75, 3.05) is 24.3 Å². The zero-order valence-corrected chi connectivity index (χ0v) is 18.5. The molecule has 1 aromatic carbocycles. The Bertz CT molecular complexity index is 820. The summed E-state index contributed by atoms with van der Waals surface area (Å²) >= 11 is 1.60. The average molecular weight is 430 g/mol. The molecule has 162 valence electrons. The highest BCUT2D eigenvalue weighted by atomic mass is 32.1. The van der Waals surface area contributed by atoms with Crippen molar-refractivity contribution < 1.29 is 14.3 Å². The summed E-state index contributed by atoms with van der Waals surface area (Å²) in [5.41, 5.74) is 2.13. The Balaban J connectivity index is 1.59. The number of hydrogen-bond donors (Lipinski definition) is 2. The number of carbonyl (C=O) groups excluding carboxylic acids is 2. The van der Waals surface area contributed by atoms with Crippen molar-refractivity contribution in [1.82, 2.24) is 4.98 Å². The van der Waals surface area contributed by atoms with Crippen LogP contribution in [0, 0.1) is 0 Å². The molecule has 0 aliphatic heterocycles. The molecule has 0 spiro atoms. The van der Waals surface area contributed by atoms with Crippen LogP contribution in [0.2, 0.25) is 0 Å². The van der Waals surface area contributed by atoms with Gasteiger partial charge in [-0.15, -0.1) is 11.3 Å². The predicted molar refractivity (Wildman–Crippen MR) is 121 cm³/mol. The Labute approximate surface area is 182 Å². The van der Waals surface area contributed by atoms with Gasteiger partial charge in [-0.25, -0.2) is 9.78 Å². The smallest absolute Gasteiger partial charge is 0.339 e. The lowest BCUT2D eigenvalue weighted by molar-refractivity contribution is -0.114. The van der Waals surface area contributed by atoms with Crippen LogP contribution in [0.5, 0.6) is 0 Å². The van der Waals surface area contributed by atoms with Gasteiger partial charge in [0.15, 0.2) is 5.13 Å². The summed E-state index contributed by atoms with van der Waals surface area (Å²) in [4.78, 5) is 30.4. The van der Waals surface area contributed by atoms with Gasteiger partial charge in [-0.2, -0.15) is 0 Å². The number of thiazole rings is 1. The molecular weight excluding hydrogens is 398 g/mol. The second kappa shape index (κ2) is 11.7. The summed E-state index contributed by atoms with van der Waals surface area (Å²) in [5, 5.41) is 6.61. The molecule has 0 saturated carbocycles. The fourth-order valence-corrected chi connectivity index (χ4v) is 4.80. The Hall–Kier alpha value is -2.41. The number of hydrogen-bond acceptors (Lipinski definition) is 6. The van der Waals surface area contributed by atoms with Gasteiger partial charge in [0.2, 0.25) is 5.91 Å². The monoisotopic (exact) mass is 429 g/mol. The lowest BCUT2D eigenvalue weighted by Crippen LogP contribution is -2.22. The number of rotatable bonds is 5. The second-order valence-electron chi connectivity index (χ2n) is 7.66. The summed E-state index contributed by atoms with van der Waals surface area (Å²) in [6.45, 7) is 0.0538.